The van der Waals surface area contributed by atoms with E-state index in [0.29, 0.717) is 6.10 Å². The van der Waals surface area contributed by atoms with Gasteiger partial charge in [-0.05, 0) is 29.9 Å². The topological polar surface area (TPSA) is 18.5 Å². The molecule has 1 fully saturated rings. The molecule has 0 unspecified atom stereocenters. The van der Waals surface area contributed by atoms with Gasteiger partial charge in [-0.25, -0.2) is 0 Å². The lowest BCUT2D eigenvalue weighted by atomic mass is 9.96. The third-order valence-electron chi connectivity index (χ3n) is 4.64. The Morgan fingerprint density at radius 2 is 1.83 bits per heavy atom. The normalized spacial score (nSPS) is 23.9. The Bertz CT molecular complexity index is 347. The van der Waals surface area contributed by atoms with Crippen LogP contribution in [0.4, 0.5) is 0 Å². The molecule has 0 saturated carbocycles. The Morgan fingerprint density at radius 1 is 1.13 bits per heavy atom. The van der Waals surface area contributed by atoms with E-state index in [0.717, 1.165) is 6.42 Å². The zero-order chi connectivity index (χ0) is 17.5. The van der Waals surface area contributed by atoms with Crippen LogP contribution < -0.4 is 0 Å². The number of hydrogen-bond donors (Lipinski definition) is 0. The Kier molecular flexibility index (Phi) is 8.36. The van der Waals surface area contributed by atoms with Gasteiger partial charge in [0, 0.05) is 6.42 Å². The summed E-state index contributed by atoms with van der Waals surface area (Å²) in [6.07, 6.45) is 12.4. The Labute approximate surface area is 146 Å². The highest BCUT2D eigenvalue weighted by Crippen LogP contribution is 2.34. The summed E-state index contributed by atoms with van der Waals surface area (Å²) in [6.45, 7) is 16.3. The fourth-order valence-corrected chi connectivity index (χ4v) is 6.27. The van der Waals surface area contributed by atoms with Crippen molar-refractivity contribution in [2.24, 2.45) is 5.41 Å². The summed E-state index contributed by atoms with van der Waals surface area (Å²) in [5, 5.41) is 1.48. The highest BCUT2D eigenvalue weighted by Gasteiger charge is 2.31. The van der Waals surface area contributed by atoms with Crippen molar-refractivity contribution in [2.45, 2.75) is 111 Å². The summed E-state index contributed by atoms with van der Waals surface area (Å²) >= 11 is 0. The van der Waals surface area contributed by atoms with Gasteiger partial charge in [0.05, 0.1) is 20.4 Å². The Hall–Kier alpha value is -0.283. The molecule has 0 aromatic heterocycles. The summed E-state index contributed by atoms with van der Waals surface area (Å²) in [6, 6.07) is 0. The average molecular weight is 341 g/mol. The van der Waals surface area contributed by atoms with E-state index in [1.165, 1.54) is 50.1 Å². The zero-order valence-corrected chi connectivity index (χ0v) is 17.7. The van der Waals surface area contributed by atoms with Crippen LogP contribution in [-0.4, -0.2) is 20.5 Å². The Morgan fingerprint density at radius 3 is 2.39 bits per heavy atom. The summed E-state index contributed by atoms with van der Waals surface area (Å²) in [5.41, 5.74) is 0.179. The second-order valence-electron chi connectivity index (χ2n) is 9.14. The van der Waals surface area contributed by atoms with E-state index in [9.17, 15) is 0 Å². The molecule has 1 aliphatic rings. The quantitative estimate of drug-likeness (QED) is 0.279. The molecule has 0 N–H and O–H groups in total. The number of rotatable bonds is 8. The predicted molar refractivity (Wildman–Crippen MR) is 103 cm³/mol. The van der Waals surface area contributed by atoms with E-state index in [1.54, 1.807) is 0 Å². The molecule has 0 amide bonds. The lowest BCUT2D eigenvalue weighted by Crippen LogP contribution is -2.34. The van der Waals surface area contributed by atoms with Crippen molar-refractivity contribution in [1.82, 2.24) is 0 Å². The maximum Gasteiger partial charge on any atom is 0.199 e. The minimum Gasteiger partial charge on any atom is -0.473 e. The molecule has 1 heterocycles. The van der Waals surface area contributed by atoms with Gasteiger partial charge in [-0.2, -0.15) is 0 Å². The molecular weight excluding hydrogens is 300 g/mol. The maximum atomic E-state index is 6.19. The van der Waals surface area contributed by atoms with Crippen LogP contribution in [0.3, 0.4) is 0 Å². The molecular formula is C20H40O2Si. The third-order valence-corrected chi connectivity index (χ3v) is 7.13. The van der Waals surface area contributed by atoms with Crippen LogP contribution >= 0.6 is 0 Å². The van der Waals surface area contributed by atoms with Crippen molar-refractivity contribution in [1.29, 1.82) is 0 Å². The first-order chi connectivity index (χ1) is 10.6. The van der Waals surface area contributed by atoms with Crippen molar-refractivity contribution in [2.75, 3.05) is 0 Å². The molecule has 0 radical (unpaired) electrons. The van der Waals surface area contributed by atoms with Crippen molar-refractivity contribution in [3.05, 3.63) is 11.5 Å². The van der Waals surface area contributed by atoms with Crippen molar-refractivity contribution >= 4 is 8.07 Å². The molecule has 0 aromatic carbocycles. The first kappa shape index (κ1) is 20.8. The molecule has 0 aromatic rings. The van der Waals surface area contributed by atoms with Crippen LogP contribution in [0.15, 0.2) is 11.5 Å². The van der Waals surface area contributed by atoms with E-state index in [2.05, 4.69) is 53.6 Å². The summed E-state index contributed by atoms with van der Waals surface area (Å²) in [5.74, 6) is 0. The number of ether oxygens (including phenoxy) is 2. The smallest absolute Gasteiger partial charge is 0.199 e. The van der Waals surface area contributed by atoms with E-state index < -0.39 is 8.07 Å². The van der Waals surface area contributed by atoms with Gasteiger partial charge >= 0.3 is 0 Å². The molecule has 0 bridgehead atoms. The lowest BCUT2D eigenvalue weighted by Gasteiger charge is -2.34. The molecule has 136 valence electrons. The van der Waals surface area contributed by atoms with Crippen LogP contribution in [0.1, 0.15) is 79.1 Å². The molecule has 1 saturated heterocycles. The van der Waals surface area contributed by atoms with Gasteiger partial charge in [-0.1, -0.05) is 73.0 Å². The summed E-state index contributed by atoms with van der Waals surface area (Å²) < 4.78 is 12.3. The van der Waals surface area contributed by atoms with Gasteiger partial charge in [0.2, 0.25) is 0 Å². The van der Waals surface area contributed by atoms with Gasteiger partial charge in [0.25, 0.3) is 0 Å². The average Bonchev–Trinajstić information content (AvgIpc) is 2.41. The third kappa shape index (κ3) is 7.89. The SMILES string of the molecule is CCCCCC[C@H]1CCC[C@@H](O/C=C(/C(C)(C)C)[Si](C)(C)C)O1. The number of allylic oxidation sites excluding steroid dienone is 1. The molecule has 0 aliphatic carbocycles. The van der Waals surface area contributed by atoms with Gasteiger partial charge < -0.3 is 9.47 Å². The largest absolute Gasteiger partial charge is 0.473 e. The van der Waals surface area contributed by atoms with Crippen molar-refractivity contribution in [3.63, 3.8) is 0 Å². The molecule has 1 rings (SSSR count). The number of unbranched alkanes of at least 4 members (excludes halogenated alkanes) is 3. The van der Waals surface area contributed by atoms with Crippen LogP contribution in [0, 0.1) is 5.41 Å². The molecule has 2 atom stereocenters. The standard InChI is InChI=1S/C20H40O2Si/c1-8-9-10-11-13-17-14-12-15-19(22-17)21-16-18(20(2,3)4)23(5,6)7/h16-17,19H,8-15H2,1-7H3/b18-16-/t17-,19-/m0/s1. The van der Waals surface area contributed by atoms with Crippen LogP contribution in [0.25, 0.3) is 0 Å². The molecule has 3 heteroatoms. The van der Waals surface area contributed by atoms with Crippen LogP contribution in [0.2, 0.25) is 19.6 Å². The monoisotopic (exact) mass is 340 g/mol. The van der Waals surface area contributed by atoms with Crippen molar-refractivity contribution in [3.8, 4) is 0 Å². The first-order valence-electron chi connectivity index (χ1n) is 9.66. The molecule has 23 heavy (non-hydrogen) atoms. The van der Waals surface area contributed by atoms with E-state index >= 15 is 0 Å². The molecule has 0 spiro atoms. The van der Waals surface area contributed by atoms with Gasteiger partial charge in [-0.15, -0.1) is 0 Å². The van der Waals surface area contributed by atoms with Crippen LogP contribution in [-0.2, 0) is 9.47 Å². The fraction of sp³-hybridized carbons (Fsp3) is 0.900. The highest BCUT2D eigenvalue weighted by atomic mass is 28.3. The minimum absolute atomic E-state index is 0.0337. The zero-order valence-electron chi connectivity index (χ0n) is 16.7. The van der Waals surface area contributed by atoms with E-state index in [4.69, 9.17) is 9.47 Å². The second kappa shape index (κ2) is 9.27. The van der Waals surface area contributed by atoms with Gasteiger partial charge in [0.1, 0.15) is 0 Å². The first-order valence-corrected chi connectivity index (χ1v) is 13.2. The summed E-state index contributed by atoms with van der Waals surface area (Å²) in [4.78, 5) is 0. The van der Waals surface area contributed by atoms with Crippen LogP contribution in [0.5, 0.6) is 0 Å². The van der Waals surface area contributed by atoms with Crippen molar-refractivity contribution < 1.29 is 9.47 Å². The van der Waals surface area contributed by atoms with E-state index in [1.807, 2.05) is 0 Å². The summed E-state index contributed by atoms with van der Waals surface area (Å²) in [7, 11) is -1.37. The maximum absolute atomic E-state index is 6.19. The minimum atomic E-state index is -1.37. The molecule has 2 nitrogen and oxygen atoms in total. The van der Waals surface area contributed by atoms with Gasteiger partial charge in [0.15, 0.2) is 6.29 Å². The fourth-order valence-electron chi connectivity index (χ4n) is 3.60. The molecule has 1 aliphatic heterocycles. The predicted octanol–water partition coefficient (Wildman–Crippen LogP) is 6.68. The lowest BCUT2D eigenvalue weighted by molar-refractivity contribution is -0.169. The Balaban J connectivity index is 2.53. The van der Waals surface area contributed by atoms with Gasteiger partial charge in [-0.3, -0.25) is 0 Å². The van der Waals surface area contributed by atoms with E-state index in [-0.39, 0.29) is 11.7 Å². The highest BCUT2D eigenvalue weighted by molar-refractivity contribution is 6.83. The second-order valence-corrected chi connectivity index (χ2v) is 14.2. The number of hydrogen-bond acceptors (Lipinski definition) is 2.